The van der Waals surface area contributed by atoms with Crippen molar-refractivity contribution in [3.8, 4) is 0 Å². The summed E-state index contributed by atoms with van der Waals surface area (Å²) in [7, 11) is -4.94. The largest absolute Gasteiger partial charge is 0.456 e. The Labute approximate surface area is 279 Å². The molecule has 0 saturated heterocycles. The maximum absolute atomic E-state index is 8.49. The van der Waals surface area contributed by atoms with Crippen LogP contribution in [0.2, 0.25) is 0 Å². The fraction of sp³-hybridized carbons (Fsp3) is 0.194. The van der Waals surface area contributed by atoms with Crippen LogP contribution in [0.15, 0.2) is 130 Å². The summed E-state index contributed by atoms with van der Waals surface area (Å²) in [4.78, 5) is 3.70. The van der Waals surface area contributed by atoms with Crippen LogP contribution in [0, 0.1) is 10.2 Å². The van der Waals surface area contributed by atoms with Crippen LogP contribution in [0.3, 0.4) is 0 Å². The molecule has 10 heteroatoms. The first kappa shape index (κ1) is 32.3. The number of benzene rings is 3. The van der Waals surface area contributed by atoms with Crippen LogP contribution in [0.1, 0.15) is 43.7 Å². The summed E-state index contributed by atoms with van der Waals surface area (Å²) in [5.41, 5.74) is 7.80. The van der Waals surface area contributed by atoms with E-state index in [0.29, 0.717) is 0 Å². The van der Waals surface area contributed by atoms with Gasteiger partial charge in [0.05, 0.1) is 10.7 Å². The highest BCUT2D eigenvalue weighted by Gasteiger charge is 2.32. The Morgan fingerprint density at radius 2 is 1.59 bits per heavy atom. The summed E-state index contributed by atoms with van der Waals surface area (Å²) in [5, 5.41) is 2.62. The Hall–Kier alpha value is -3.67. The van der Waals surface area contributed by atoms with Gasteiger partial charge in [-0.1, -0.05) is 83.8 Å². The molecular formula is C36H33ClN2O5S2. The molecular weight excluding hydrogens is 640 g/mol. The monoisotopic (exact) mass is 672 g/mol. The second-order valence-electron chi connectivity index (χ2n) is 10.7. The lowest BCUT2D eigenvalue weighted by Crippen LogP contribution is -2.68. The fourth-order valence-corrected chi connectivity index (χ4v) is 8.51. The molecule has 0 fully saturated rings. The van der Waals surface area contributed by atoms with E-state index >= 15 is 0 Å². The van der Waals surface area contributed by atoms with Gasteiger partial charge in [-0.25, -0.2) is 18.6 Å². The number of aromatic nitrogens is 1. The Morgan fingerprint density at radius 3 is 2.35 bits per heavy atom. The van der Waals surface area contributed by atoms with Crippen LogP contribution in [-0.2, 0) is 11.3 Å². The van der Waals surface area contributed by atoms with Crippen LogP contribution in [-0.4, -0.2) is 6.54 Å². The number of nitrogens with zero attached hydrogens (tertiary/aromatic N) is 2. The number of fused-ring (bicyclic) bond motifs is 3. The smallest absolute Gasteiger partial charge is 0.266 e. The van der Waals surface area contributed by atoms with Crippen LogP contribution < -0.4 is 28.1 Å². The third kappa shape index (κ3) is 7.01. The molecule has 4 aromatic rings. The Bertz CT molecular complexity index is 1900. The highest BCUT2D eigenvalue weighted by molar-refractivity contribution is 8.03. The Balaban J connectivity index is 0.000000692. The summed E-state index contributed by atoms with van der Waals surface area (Å²) in [6, 6.07) is 27.9. The van der Waals surface area contributed by atoms with E-state index in [4.69, 9.17) is 23.4 Å². The van der Waals surface area contributed by atoms with Gasteiger partial charge in [0.25, 0.3) is 5.01 Å². The van der Waals surface area contributed by atoms with Crippen molar-refractivity contribution in [3.63, 3.8) is 0 Å². The Morgan fingerprint density at radius 1 is 0.891 bits per heavy atom. The fourth-order valence-electron chi connectivity index (χ4n) is 6.06. The molecule has 2 aliphatic heterocycles. The third-order valence-corrected chi connectivity index (χ3v) is 10.3. The Kier molecular flexibility index (Phi) is 9.81. The summed E-state index contributed by atoms with van der Waals surface area (Å²) >= 11 is 3.75. The van der Waals surface area contributed by atoms with Crippen LogP contribution in [0.25, 0.3) is 21.5 Å². The predicted octanol–water partition coefficient (Wildman–Crippen LogP) is 4.75. The molecule has 3 aromatic carbocycles. The van der Waals surface area contributed by atoms with Crippen molar-refractivity contribution >= 4 is 50.3 Å². The lowest BCUT2D eigenvalue weighted by molar-refractivity contribution is -2.00. The summed E-state index contributed by atoms with van der Waals surface area (Å²) in [5.74, 6) is 1.88. The number of thioether (sulfide) groups is 1. The molecule has 0 amide bonds. The first-order valence-corrected chi connectivity index (χ1v) is 18.0. The normalized spacial score (nSPS) is 17.2. The van der Waals surface area contributed by atoms with Crippen molar-refractivity contribution in [1.82, 2.24) is 0 Å². The number of halogens is 1. The van der Waals surface area contributed by atoms with E-state index in [9.17, 15) is 0 Å². The first-order chi connectivity index (χ1) is 22.2. The zero-order valence-electron chi connectivity index (χ0n) is 25.5. The molecule has 1 aromatic heterocycles. The molecule has 7 nitrogen and oxygen atoms in total. The van der Waals surface area contributed by atoms with Gasteiger partial charge in [-0.05, 0) is 75.1 Å². The van der Waals surface area contributed by atoms with E-state index in [0.717, 1.165) is 49.4 Å². The zero-order valence-corrected chi connectivity index (χ0v) is 27.9. The molecule has 0 N–H and O–H groups in total. The number of rotatable bonds is 6. The molecule has 0 radical (unpaired) electrons. The molecule has 0 atom stereocenters. The van der Waals surface area contributed by atoms with E-state index in [2.05, 4.69) is 126 Å². The second kappa shape index (κ2) is 14.0. The highest BCUT2D eigenvalue weighted by Crippen LogP contribution is 2.46. The number of hydrogen-bond donors (Lipinski definition) is 0. The molecule has 46 heavy (non-hydrogen) atoms. The van der Waals surface area contributed by atoms with Gasteiger partial charge < -0.3 is 9.64 Å². The van der Waals surface area contributed by atoms with Crippen molar-refractivity contribution in [2.24, 2.45) is 0 Å². The molecule has 0 saturated carbocycles. The molecule has 0 bridgehead atoms. The molecule has 3 aliphatic rings. The molecule has 3 heterocycles. The number of anilines is 1. The van der Waals surface area contributed by atoms with Crippen molar-refractivity contribution in [2.75, 3.05) is 11.4 Å². The average molecular weight is 673 g/mol. The minimum atomic E-state index is -4.94. The summed E-state index contributed by atoms with van der Waals surface area (Å²) < 4.78 is 44.5. The number of thiazole rings is 1. The van der Waals surface area contributed by atoms with Crippen LogP contribution in [0.5, 0.6) is 0 Å². The maximum atomic E-state index is 8.49. The lowest BCUT2D eigenvalue weighted by atomic mass is 9.84. The molecule has 7 rings (SSSR count). The lowest BCUT2D eigenvalue weighted by Gasteiger charge is -2.27. The number of hydrogen-bond acceptors (Lipinski definition) is 8. The topological polar surface area (TPSA) is 109 Å². The van der Waals surface area contributed by atoms with Gasteiger partial charge in [0, 0.05) is 34.2 Å². The van der Waals surface area contributed by atoms with Gasteiger partial charge in [0.2, 0.25) is 5.52 Å². The highest BCUT2D eigenvalue weighted by atomic mass is 35.7. The summed E-state index contributed by atoms with van der Waals surface area (Å²) in [6.45, 7) is 6.36. The third-order valence-electron chi connectivity index (χ3n) is 7.98. The van der Waals surface area contributed by atoms with Gasteiger partial charge in [-0.2, -0.15) is 4.57 Å². The maximum Gasteiger partial charge on any atom is 0.266 e. The van der Waals surface area contributed by atoms with Crippen molar-refractivity contribution in [1.29, 1.82) is 0 Å². The van der Waals surface area contributed by atoms with Gasteiger partial charge >= 0.3 is 0 Å². The average Bonchev–Trinajstić information content (AvgIpc) is 3.61. The van der Waals surface area contributed by atoms with Gasteiger partial charge in [-0.15, -0.1) is 10.2 Å². The van der Waals surface area contributed by atoms with E-state index in [1.165, 1.54) is 47.6 Å². The SMILES string of the molecule is CCN1/C(=C/C=C/C2=C3CCCC(c4sc5ccccc5[n+]4CC)=C3C=C(c3ccccc3)O2)Sc2ccccc21.[O-][Cl+3]([O-])([O-])[O-]. The van der Waals surface area contributed by atoms with Gasteiger partial charge in [0.1, 0.15) is 22.8 Å². The van der Waals surface area contributed by atoms with Crippen molar-refractivity contribution in [2.45, 2.75) is 44.6 Å². The van der Waals surface area contributed by atoms with E-state index in [-0.39, 0.29) is 0 Å². The summed E-state index contributed by atoms with van der Waals surface area (Å²) in [6.07, 6.45) is 12.1. The minimum absolute atomic E-state index is 0.915. The van der Waals surface area contributed by atoms with E-state index in [1.807, 2.05) is 23.1 Å². The predicted molar refractivity (Wildman–Crippen MR) is 174 cm³/mol. The van der Waals surface area contributed by atoms with Crippen molar-refractivity contribution < 1.29 is 38.2 Å². The standard InChI is InChI=1S/C36H33N2OS2.ClHO4/c1-3-37-29-18-8-10-21-33(29)40-35(37)23-13-20-31-26-16-12-17-27(28(26)24-32(39-31)25-14-6-5-7-15-25)36-38(4-2)30-19-9-11-22-34(30)41-36;2-1(3,4)5/h5-11,13-15,18-24H,3-4,12,16-17H2,1-2H3;(H,2,3,4,5)/q+1;/p-1. The van der Waals surface area contributed by atoms with Crippen LogP contribution in [0.4, 0.5) is 5.69 Å². The van der Waals surface area contributed by atoms with Gasteiger partial charge in [-0.3, -0.25) is 0 Å². The molecule has 1 aliphatic carbocycles. The quantitative estimate of drug-likeness (QED) is 0.272. The number of aryl methyl sites for hydroxylation is 1. The number of para-hydroxylation sites is 2. The van der Waals surface area contributed by atoms with Gasteiger partial charge in [0.15, 0.2) is 0 Å². The number of ether oxygens (including phenoxy) is 1. The molecule has 0 spiro atoms. The van der Waals surface area contributed by atoms with E-state index < -0.39 is 10.2 Å². The van der Waals surface area contributed by atoms with Crippen LogP contribution >= 0.6 is 23.1 Å². The van der Waals surface area contributed by atoms with Crippen molar-refractivity contribution in [3.05, 3.63) is 136 Å². The zero-order chi connectivity index (χ0) is 32.3. The minimum Gasteiger partial charge on any atom is -0.456 e. The molecule has 236 valence electrons. The second-order valence-corrected chi connectivity index (χ2v) is 13.6. The van der Waals surface area contributed by atoms with E-state index in [1.54, 1.807) is 0 Å². The number of allylic oxidation sites excluding steroid dienone is 7. The first-order valence-electron chi connectivity index (χ1n) is 15.1. The molecule has 0 unspecified atom stereocenters.